The third-order valence-electron chi connectivity index (χ3n) is 3.72. The van der Waals surface area contributed by atoms with Gasteiger partial charge in [-0.25, -0.2) is 4.68 Å². The van der Waals surface area contributed by atoms with Crippen LogP contribution in [0.4, 0.5) is 3.89 Å². The summed E-state index contributed by atoms with van der Waals surface area (Å²) in [7, 11) is 1.13. The summed E-state index contributed by atoms with van der Waals surface area (Å²) in [6.45, 7) is 3.86. The molecule has 5 nitrogen and oxygen atoms in total. The molecule has 0 atom stereocenters. The standard InChI is InChI=1S/C18H22ClFN2O3S2/c1-2-3-8-22-18(23)17(19)16(11-21-22)25-13-15-6-4-14(5-7-15)12-24-9-10-26-27-20/h4-7,11H,2-3,8-10,12-13H2,1H3. The van der Waals surface area contributed by atoms with Crippen molar-refractivity contribution in [3.05, 3.63) is 57.0 Å². The molecule has 0 aliphatic heterocycles. The van der Waals surface area contributed by atoms with Crippen LogP contribution in [0.25, 0.3) is 0 Å². The normalized spacial score (nSPS) is 10.9. The van der Waals surface area contributed by atoms with Gasteiger partial charge >= 0.3 is 0 Å². The Labute approximate surface area is 171 Å². The van der Waals surface area contributed by atoms with Crippen LogP contribution in [0.5, 0.6) is 5.75 Å². The molecule has 0 saturated heterocycles. The number of hydrogen-bond donors (Lipinski definition) is 0. The minimum Gasteiger partial charge on any atom is -0.485 e. The van der Waals surface area contributed by atoms with Crippen molar-refractivity contribution < 1.29 is 13.4 Å². The molecule has 0 radical (unpaired) electrons. The third kappa shape index (κ3) is 7.37. The lowest BCUT2D eigenvalue weighted by atomic mass is 10.1. The number of aromatic nitrogens is 2. The molecule has 2 aromatic rings. The molecule has 1 aromatic heterocycles. The smallest absolute Gasteiger partial charge is 0.289 e. The van der Waals surface area contributed by atoms with Gasteiger partial charge < -0.3 is 9.47 Å². The predicted molar refractivity (Wildman–Crippen MR) is 110 cm³/mol. The van der Waals surface area contributed by atoms with Crippen molar-refractivity contribution in [1.82, 2.24) is 9.78 Å². The summed E-state index contributed by atoms with van der Waals surface area (Å²) in [5.74, 6) is 0.893. The van der Waals surface area contributed by atoms with Crippen molar-refractivity contribution in [3.8, 4) is 5.75 Å². The Balaban J connectivity index is 1.85. The highest BCUT2D eigenvalue weighted by molar-refractivity contribution is 8.74. The quantitative estimate of drug-likeness (QED) is 0.345. The van der Waals surface area contributed by atoms with Gasteiger partial charge in [-0.15, -0.1) is 0 Å². The second-order valence-corrected chi connectivity index (χ2v) is 7.98. The fraction of sp³-hybridized carbons (Fsp3) is 0.444. The van der Waals surface area contributed by atoms with Crippen LogP contribution in [-0.4, -0.2) is 22.1 Å². The fourth-order valence-corrected chi connectivity index (χ4v) is 3.07. The molecule has 0 aliphatic carbocycles. The Hall–Kier alpha value is -1.22. The average molecular weight is 433 g/mol. The van der Waals surface area contributed by atoms with Crippen molar-refractivity contribution in [2.75, 3.05) is 12.4 Å². The van der Waals surface area contributed by atoms with Gasteiger partial charge in [0.2, 0.25) is 0 Å². The Morgan fingerprint density at radius 1 is 1.22 bits per heavy atom. The first kappa shape index (κ1) is 22.1. The van der Waals surface area contributed by atoms with Gasteiger partial charge in [-0.2, -0.15) is 8.98 Å². The lowest BCUT2D eigenvalue weighted by molar-refractivity contribution is 0.136. The Kier molecular flexibility index (Phi) is 10.0. The highest BCUT2D eigenvalue weighted by Crippen LogP contribution is 2.21. The highest BCUT2D eigenvalue weighted by atomic mass is 35.5. The topological polar surface area (TPSA) is 53.4 Å². The summed E-state index contributed by atoms with van der Waals surface area (Å²) >= 11 is 6.37. The summed E-state index contributed by atoms with van der Waals surface area (Å²) in [6, 6.07) is 7.74. The first-order chi connectivity index (χ1) is 13.2. The molecule has 0 saturated carbocycles. The van der Waals surface area contributed by atoms with Gasteiger partial charge in [-0.3, -0.25) is 4.79 Å². The summed E-state index contributed by atoms with van der Waals surface area (Å²) in [6.07, 6.45) is 3.32. The molecule has 0 fully saturated rings. The van der Waals surface area contributed by atoms with Crippen molar-refractivity contribution in [2.24, 2.45) is 0 Å². The van der Waals surface area contributed by atoms with E-state index in [0.29, 0.717) is 25.5 Å². The molecule has 9 heteroatoms. The number of aryl methyl sites for hydroxylation is 1. The van der Waals surface area contributed by atoms with Crippen LogP contribution in [0.3, 0.4) is 0 Å². The molecule has 0 amide bonds. The van der Waals surface area contributed by atoms with Crippen LogP contribution in [0, 0.1) is 0 Å². The van der Waals surface area contributed by atoms with E-state index in [1.165, 1.54) is 10.9 Å². The number of unbranched alkanes of at least 4 members (excludes halogenated alkanes) is 1. The van der Waals surface area contributed by atoms with E-state index in [0.717, 1.165) is 34.8 Å². The minimum absolute atomic E-state index is 0.0513. The molecule has 0 unspecified atom stereocenters. The number of rotatable bonds is 12. The molecule has 27 heavy (non-hydrogen) atoms. The van der Waals surface area contributed by atoms with E-state index in [1.54, 1.807) is 0 Å². The molecule has 0 bridgehead atoms. The monoisotopic (exact) mass is 432 g/mol. The molecular weight excluding hydrogens is 411 g/mol. The molecule has 0 N–H and O–H groups in total. The second kappa shape index (κ2) is 12.3. The molecule has 1 aromatic carbocycles. The van der Waals surface area contributed by atoms with Gasteiger partial charge in [0.15, 0.2) is 10.8 Å². The van der Waals surface area contributed by atoms with E-state index in [1.807, 2.05) is 31.2 Å². The number of halogens is 2. The van der Waals surface area contributed by atoms with Crippen LogP contribution >= 0.6 is 33.6 Å². The molecule has 2 rings (SSSR count). The van der Waals surface area contributed by atoms with Crippen LogP contribution in [-0.2, 0) is 24.5 Å². The largest absolute Gasteiger partial charge is 0.485 e. The van der Waals surface area contributed by atoms with E-state index >= 15 is 0 Å². The predicted octanol–water partition coefficient (Wildman–Crippen LogP) is 5.06. The average Bonchev–Trinajstić information content (AvgIpc) is 2.69. The number of nitrogens with zero attached hydrogens (tertiary/aromatic N) is 2. The van der Waals surface area contributed by atoms with Crippen LogP contribution in [0.2, 0.25) is 5.02 Å². The number of ether oxygens (including phenoxy) is 2. The van der Waals surface area contributed by atoms with Crippen molar-refractivity contribution in [1.29, 1.82) is 0 Å². The lowest BCUT2D eigenvalue weighted by Gasteiger charge is -2.10. The van der Waals surface area contributed by atoms with Gasteiger partial charge in [0, 0.05) is 12.3 Å². The molecule has 0 spiro atoms. The second-order valence-electron chi connectivity index (χ2n) is 5.75. The summed E-state index contributed by atoms with van der Waals surface area (Å²) in [5.41, 5.74) is 1.63. The Morgan fingerprint density at radius 2 is 1.93 bits per heavy atom. The van der Waals surface area contributed by atoms with Gasteiger partial charge in [0.05, 0.1) is 19.4 Å². The van der Waals surface area contributed by atoms with Crippen LogP contribution in [0.1, 0.15) is 30.9 Å². The van der Waals surface area contributed by atoms with Gasteiger partial charge in [-0.1, -0.05) is 60.0 Å². The Morgan fingerprint density at radius 3 is 2.59 bits per heavy atom. The van der Waals surface area contributed by atoms with Crippen LogP contribution < -0.4 is 10.3 Å². The Bertz CT molecular complexity index is 759. The maximum absolute atomic E-state index is 12.2. The first-order valence-electron chi connectivity index (χ1n) is 8.60. The van der Waals surface area contributed by atoms with E-state index < -0.39 is 0 Å². The molecule has 0 aliphatic rings. The number of hydrogen-bond acceptors (Lipinski definition) is 6. The van der Waals surface area contributed by atoms with Crippen molar-refractivity contribution in [3.63, 3.8) is 0 Å². The van der Waals surface area contributed by atoms with Crippen LogP contribution in [0.15, 0.2) is 35.3 Å². The molecule has 1 heterocycles. The maximum Gasteiger partial charge on any atom is 0.289 e. The van der Waals surface area contributed by atoms with Gasteiger partial charge in [-0.05, 0) is 17.5 Å². The van der Waals surface area contributed by atoms with Gasteiger partial charge in [0.1, 0.15) is 17.8 Å². The zero-order valence-corrected chi connectivity index (χ0v) is 17.4. The minimum atomic E-state index is -0.334. The number of benzene rings is 1. The lowest BCUT2D eigenvalue weighted by Crippen LogP contribution is -2.23. The maximum atomic E-state index is 12.2. The third-order valence-corrected chi connectivity index (χ3v) is 5.26. The fourth-order valence-electron chi connectivity index (χ4n) is 2.22. The first-order valence-corrected chi connectivity index (χ1v) is 11.2. The van der Waals surface area contributed by atoms with E-state index in [-0.39, 0.29) is 34.1 Å². The zero-order chi connectivity index (χ0) is 19.5. The summed E-state index contributed by atoms with van der Waals surface area (Å²) in [4.78, 5) is 12.2. The van der Waals surface area contributed by atoms with Gasteiger partial charge in [0.25, 0.3) is 5.56 Å². The zero-order valence-electron chi connectivity index (χ0n) is 15.0. The highest BCUT2D eigenvalue weighted by Gasteiger charge is 2.10. The summed E-state index contributed by atoms with van der Waals surface area (Å²) < 4.78 is 24.4. The van der Waals surface area contributed by atoms with E-state index in [9.17, 15) is 8.68 Å². The summed E-state index contributed by atoms with van der Waals surface area (Å²) in [5, 5.41) is 4.16. The van der Waals surface area contributed by atoms with E-state index in [4.69, 9.17) is 21.1 Å². The molecule has 148 valence electrons. The van der Waals surface area contributed by atoms with Crippen molar-refractivity contribution in [2.45, 2.75) is 39.5 Å². The van der Waals surface area contributed by atoms with Crippen molar-refractivity contribution >= 4 is 33.6 Å². The SMILES string of the molecule is CCCCn1ncc(OCc2ccc(COCCSSF)cc2)c(Cl)c1=O. The molecular formula is C18H22ClFN2O3S2. The van der Waals surface area contributed by atoms with E-state index in [2.05, 4.69) is 5.10 Å².